The van der Waals surface area contributed by atoms with Crippen LogP contribution in [0.2, 0.25) is 0 Å². The number of benzene rings is 1. The van der Waals surface area contributed by atoms with Crippen LogP contribution >= 0.6 is 0 Å². The second kappa shape index (κ2) is 7.32. The van der Waals surface area contributed by atoms with Crippen molar-refractivity contribution in [2.24, 2.45) is 0 Å². The summed E-state index contributed by atoms with van der Waals surface area (Å²) in [5.74, 6) is -1.56. The normalized spacial score (nSPS) is 20.0. The molecule has 0 heterocycles. The highest BCUT2D eigenvalue weighted by Gasteiger charge is 2.41. The van der Waals surface area contributed by atoms with Gasteiger partial charge in [-0.05, 0) is 32.9 Å². The molecule has 1 saturated carbocycles. The van der Waals surface area contributed by atoms with Gasteiger partial charge in [-0.3, -0.25) is 0 Å². The maximum atomic E-state index is 14.2. The number of hydrogen-bond donors (Lipinski definition) is 1. The lowest BCUT2D eigenvalue weighted by Gasteiger charge is -2.40. The van der Waals surface area contributed by atoms with E-state index in [2.05, 4.69) is 5.32 Å². The van der Waals surface area contributed by atoms with Gasteiger partial charge in [-0.15, -0.1) is 0 Å². The molecule has 21 heavy (non-hydrogen) atoms. The molecule has 1 N–H and O–H groups in total. The van der Waals surface area contributed by atoms with Gasteiger partial charge < -0.3 is 10.1 Å². The molecular weight excluding hydrogens is 272 g/mol. The summed E-state index contributed by atoms with van der Waals surface area (Å²) >= 11 is 0. The van der Waals surface area contributed by atoms with Crippen LogP contribution in [0, 0.1) is 11.6 Å². The fraction of sp³-hybridized carbons (Fsp3) is 0.647. The first-order valence-electron chi connectivity index (χ1n) is 7.90. The summed E-state index contributed by atoms with van der Waals surface area (Å²) in [4.78, 5) is 0. The smallest absolute Gasteiger partial charge is 0.163 e. The molecule has 0 bridgehead atoms. The number of rotatable bonds is 5. The van der Waals surface area contributed by atoms with E-state index in [0.717, 1.165) is 31.7 Å². The average molecular weight is 297 g/mol. The van der Waals surface area contributed by atoms with Crippen molar-refractivity contribution in [3.63, 3.8) is 0 Å². The molecule has 4 heteroatoms. The molecular formula is C17H25F2NO. The molecule has 0 radical (unpaired) electrons. The molecule has 1 unspecified atom stereocenters. The molecule has 1 atom stereocenters. The van der Waals surface area contributed by atoms with Gasteiger partial charge >= 0.3 is 0 Å². The molecule has 1 aliphatic rings. The van der Waals surface area contributed by atoms with E-state index in [4.69, 9.17) is 4.74 Å². The SMILES string of the molecule is CCOC1(C(NC)c2cccc(F)c2F)CCCCCC1. The zero-order valence-electron chi connectivity index (χ0n) is 12.9. The van der Waals surface area contributed by atoms with Gasteiger partial charge in [-0.2, -0.15) is 0 Å². The van der Waals surface area contributed by atoms with E-state index in [1.54, 1.807) is 19.2 Å². The Balaban J connectivity index is 2.41. The van der Waals surface area contributed by atoms with Gasteiger partial charge in [0.15, 0.2) is 11.6 Å². The summed E-state index contributed by atoms with van der Waals surface area (Å²) in [5.41, 5.74) is -0.0814. The number of nitrogens with one attached hydrogen (secondary N) is 1. The molecule has 1 aromatic carbocycles. The highest BCUT2D eigenvalue weighted by Crippen LogP contribution is 2.41. The fourth-order valence-electron chi connectivity index (χ4n) is 3.58. The van der Waals surface area contributed by atoms with E-state index < -0.39 is 17.2 Å². The number of ether oxygens (including phenoxy) is 1. The van der Waals surface area contributed by atoms with Crippen molar-refractivity contribution < 1.29 is 13.5 Å². The van der Waals surface area contributed by atoms with Crippen molar-refractivity contribution in [2.75, 3.05) is 13.7 Å². The molecule has 2 nitrogen and oxygen atoms in total. The van der Waals surface area contributed by atoms with Crippen LogP contribution in [0.4, 0.5) is 8.78 Å². The number of halogens is 2. The molecule has 0 aromatic heterocycles. The summed E-state index contributed by atoms with van der Waals surface area (Å²) in [6, 6.07) is 4.05. The average Bonchev–Trinajstić information content (AvgIpc) is 2.71. The van der Waals surface area contributed by atoms with Gasteiger partial charge in [-0.1, -0.05) is 37.8 Å². The van der Waals surface area contributed by atoms with Gasteiger partial charge in [0.05, 0.1) is 11.6 Å². The van der Waals surface area contributed by atoms with E-state index in [-0.39, 0.29) is 6.04 Å². The maximum absolute atomic E-state index is 14.2. The Bertz CT molecular complexity index is 456. The van der Waals surface area contributed by atoms with Gasteiger partial charge in [0, 0.05) is 12.2 Å². The van der Waals surface area contributed by atoms with Crippen LogP contribution in [0.5, 0.6) is 0 Å². The first kappa shape index (κ1) is 16.4. The third-order valence-corrected chi connectivity index (χ3v) is 4.49. The number of likely N-dealkylation sites (N-methyl/N-ethyl adjacent to an activating group) is 1. The van der Waals surface area contributed by atoms with E-state index in [1.807, 2.05) is 6.92 Å². The third-order valence-electron chi connectivity index (χ3n) is 4.49. The molecule has 0 amide bonds. The van der Waals surface area contributed by atoms with Crippen LogP contribution in [0.3, 0.4) is 0 Å². The standard InChI is InChI=1S/C17H25F2NO/c1-3-21-17(11-6-4-5-7-12-17)16(20-2)13-9-8-10-14(18)15(13)19/h8-10,16,20H,3-7,11-12H2,1-2H3. The molecule has 2 rings (SSSR count). The lowest BCUT2D eigenvalue weighted by Crippen LogP contribution is -2.45. The quantitative estimate of drug-likeness (QED) is 0.816. The van der Waals surface area contributed by atoms with Crippen LogP contribution in [-0.4, -0.2) is 19.3 Å². The summed E-state index contributed by atoms with van der Waals surface area (Å²) < 4.78 is 33.9. The highest BCUT2D eigenvalue weighted by molar-refractivity contribution is 5.25. The molecule has 1 aromatic rings. The predicted octanol–water partition coefficient (Wildman–Crippen LogP) is 4.35. The van der Waals surface area contributed by atoms with E-state index >= 15 is 0 Å². The van der Waals surface area contributed by atoms with Crippen molar-refractivity contribution in [3.05, 3.63) is 35.4 Å². The third kappa shape index (κ3) is 3.43. The lowest BCUT2D eigenvalue weighted by atomic mass is 9.82. The molecule has 1 fully saturated rings. The van der Waals surface area contributed by atoms with Gasteiger partial charge in [0.2, 0.25) is 0 Å². The summed E-state index contributed by atoms with van der Waals surface area (Å²) in [6.45, 7) is 2.54. The van der Waals surface area contributed by atoms with Crippen LogP contribution in [0.1, 0.15) is 57.1 Å². The van der Waals surface area contributed by atoms with Crippen LogP contribution in [0.25, 0.3) is 0 Å². The molecule has 0 spiro atoms. The monoisotopic (exact) mass is 297 g/mol. The van der Waals surface area contributed by atoms with Crippen molar-refractivity contribution >= 4 is 0 Å². The lowest BCUT2D eigenvalue weighted by molar-refractivity contribution is -0.0774. The first-order valence-corrected chi connectivity index (χ1v) is 7.90. The summed E-state index contributed by atoms with van der Waals surface area (Å²) in [6.07, 6.45) is 6.24. The van der Waals surface area contributed by atoms with E-state index in [9.17, 15) is 8.78 Å². The van der Waals surface area contributed by atoms with Crippen molar-refractivity contribution in [3.8, 4) is 0 Å². The molecule has 0 aliphatic heterocycles. The minimum absolute atomic E-state index is 0.328. The zero-order chi connectivity index (χ0) is 15.3. The molecule has 118 valence electrons. The topological polar surface area (TPSA) is 21.3 Å². The van der Waals surface area contributed by atoms with Crippen LogP contribution in [0.15, 0.2) is 18.2 Å². The zero-order valence-corrected chi connectivity index (χ0v) is 12.9. The Kier molecular flexibility index (Phi) is 5.71. The van der Waals surface area contributed by atoms with Crippen molar-refractivity contribution in [1.29, 1.82) is 0 Å². The first-order chi connectivity index (χ1) is 10.1. The Labute approximate surface area is 125 Å². The van der Waals surface area contributed by atoms with Crippen molar-refractivity contribution in [2.45, 2.75) is 57.1 Å². The minimum Gasteiger partial charge on any atom is -0.373 e. The summed E-state index contributed by atoms with van der Waals surface area (Å²) in [5, 5.41) is 3.18. The fourth-order valence-corrected chi connectivity index (χ4v) is 3.58. The largest absolute Gasteiger partial charge is 0.373 e. The Morgan fingerprint density at radius 2 is 1.86 bits per heavy atom. The summed E-state index contributed by atoms with van der Waals surface area (Å²) in [7, 11) is 1.79. The molecule has 1 aliphatic carbocycles. The predicted molar refractivity (Wildman–Crippen MR) is 80.2 cm³/mol. The van der Waals surface area contributed by atoms with Crippen LogP contribution < -0.4 is 5.32 Å². The van der Waals surface area contributed by atoms with E-state index in [1.165, 1.54) is 12.8 Å². The minimum atomic E-state index is -0.798. The van der Waals surface area contributed by atoms with Gasteiger partial charge in [-0.25, -0.2) is 8.78 Å². The van der Waals surface area contributed by atoms with Crippen LogP contribution in [-0.2, 0) is 4.74 Å². The maximum Gasteiger partial charge on any atom is 0.163 e. The Morgan fingerprint density at radius 1 is 1.19 bits per heavy atom. The Hall–Kier alpha value is -1.00. The highest BCUT2D eigenvalue weighted by atomic mass is 19.2. The van der Waals surface area contributed by atoms with E-state index in [0.29, 0.717) is 12.2 Å². The van der Waals surface area contributed by atoms with Gasteiger partial charge in [0.25, 0.3) is 0 Å². The second-order valence-corrected chi connectivity index (χ2v) is 5.78. The van der Waals surface area contributed by atoms with Gasteiger partial charge in [0.1, 0.15) is 0 Å². The Morgan fingerprint density at radius 3 is 2.43 bits per heavy atom. The van der Waals surface area contributed by atoms with Crippen molar-refractivity contribution in [1.82, 2.24) is 5.32 Å². The molecule has 0 saturated heterocycles. The number of hydrogen-bond acceptors (Lipinski definition) is 2. The second-order valence-electron chi connectivity index (χ2n) is 5.78.